The van der Waals surface area contributed by atoms with E-state index in [-0.39, 0.29) is 5.60 Å². The Morgan fingerprint density at radius 2 is 2.38 bits per heavy atom. The predicted molar refractivity (Wildman–Crippen MR) is 86.7 cm³/mol. The minimum absolute atomic E-state index is 0.207. The Bertz CT molecular complexity index is 635. The first-order chi connectivity index (χ1) is 10.3. The van der Waals surface area contributed by atoms with Crippen molar-refractivity contribution in [3.8, 4) is 0 Å². The van der Waals surface area contributed by atoms with Crippen molar-refractivity contribution in [2.45, 2.75) is 43.7 Å². The number of ether oxygens (including phenoxy) is 1. The predicted octanol–water partition coefficient (Wildman–Crippen LogP) is 3.91. The van der Waals surface area contributed by atoms with Gasteiger partial charge in [0, 0.05) is 18.8 Å². The lowest BCUT2D eigenvalue weighted by Crippen LogP contribution is -2.47. The molecule has 1 saturated carbocycles. The van der Waals surface area contributed by atoms with Gasteiger partial charge in [-0.3, -0.25) is 4.98 Å². The molecule has 1 spiro atoms. The molecule has 0 radical (unpaired) electrons. The van der Waals surface area contributed by atoms with E-state index in [2.05, 4.69) is 41.1 Å². The van der Waals surface area contributed by atoms with Crippen LogP contribution < -0.4 is 5.32 Å². The quantitative estimate of drug-likeness (QED) is 0.933. The van der Waals surface area contributed by atoms with Crippen LogP contribution in [0.3, 0.4) is 0 Å². The van der Waals surface area contributed by atoms with Gasteiger partial charge in [-0.2, -0.15) is 0 Å². The van der Waals surface area contributed by atoms with Crippen molar-refractivity contribution >= 4 is 21.6 Å². The van der Waals surface area contributed by atoms with E-state index in [1.54, 1.807) is 11.3 Å². The largest absolute Gasteiger partial charge is 0.375 e. The topological polar surface area (TPSA) is 34.2 Å². The van der Waals surface area contributed by atoms with Crippen molar-refractivity contribution in [2.75, 3.05) is 13.7 Å². The summed E-state index contributed by atoms with van der Waals surface area (Å²) in [5.41, 5.74) is 2.65. The third-order valence-corrected chi connectivity index (χ3v) is 6.11. The van der Waals surface area contributed by atoms with Crippen LogP contribution in [0.4, 0.5) is 0 Å². The minimum atomic E-state index is 0.207. The fraction of sp³-hybridized carbons (Fsp3) is 0.588. The lowest BCUT2D eigenvalue weighted by molar-refractivity contribution is -0.147. The van der Waals surface area contributed by atoms with E-state index in [1.807, 2.05) is 0 Å². The molecule has 0 bridgehead atoms. The Balaban J connectivity index is 1.60. The Kier molecular flexibility index (Phi) is 3.48. The first-order valence-electron chi connectivity index (χ1n) is 7.94. The number of nitrogens with zero attached hydrogens (tertiary/aromatic N) is 1. The highest BCUT2D eigenvalue weighted by Crippen LogP contribution is 2.47. The third-order valence-electron chi connectivity index (χ3n) is 5.26. The maximum Gasteiger partial charge on any atom is 0.0809 e. The standard InChI is InChI=1S/C17H22N2OS/c1-18-16(12-3-7-20-17(10-12)5-2-6-17)13-9-15-14(19-11-13)4-8-21-15/h4,8-9,11-12,16,18H,2-3,5-7,10H2,1H3. The molecule has 0 aromatic carbocycles. The first kappa shape index (κ1) is 13.7. The second-order valence-electron chi connectivity index (χ2n) is 6.48. The summed E-state index contributed by atoms with van der Waals surface area (Å²) in [7, 11) is 2.08. The van der Waals surface area contributed by atoms with Crippen molar-refractivity contribution in [2.24, 2.45) is 5.92 Å². The zero-order valence-electron chi connectivity index (χ0n) is 12.5. The molecule has 2 aromatic heterocycles. The molecule has 1 aliphatic carbocycles. The van der Waals surface area contributed by atoms with Crippen molar-refractivity contribution in [3.05, 3.63) is 29.3 Å². The molecule has 2 fully saturated rings. The monoisotopic (exact) mass is 302 g/mol. The fourth-order valence-electron chi connectivity index (χ4n) is 3.98. The van der Waals surface area contributed by atoms with Gasteiger partial charge in [-0.1, -0.05) is 0 Å². The SMILES string of the molecule is CNC(c1cnc2ccsc2c1)C1CCOC2(CCC2)C1. The molecule has 1 aliphatic heterocycles. The van der Waals surface area contributed by atoms with E-state index in [9.17, 15) is 0 Å². The molecule has 21 heavy (non-hydrogen) atoms. The van der Waals surface area contributed by atoms with E-state index in [0.29, 0.717) is 12.0 Å². The highest BCUT2D eigenvalue weighted by Gasteiger charge is 2.44. The zero-order valence-corrected chi connectivity index (χ0v) is 13.3. The Labute approximate surface area is 129 Å². The van der Waals surface area contributed by atoms with Crippen LogP contribution in [0.15, 0.2) is 23.7 Å². The number of hydrogen-bond acceptors (Lipinski definition) is 4. The van der Waals surface area contributed by atoms with Gasteiger partial charge in [0.25, 0.3) is 0 Å². The van der Waals surface area contributed by atoms with Gasteiger partial charge < -0.3 is 10.1 Å². The number of aromatic nitrogens is 1. The first-order valence-corrected chi connectivity index (χ1v) is 8.82. The normalized spacial score (nSPS) is 25.9. The zero-order chi connectivity index (χ0) is 14.3. The highest BCUT2D eigenvalue weighted by atomic mass is 32.1. The van der Waals surface area contributed by atoms with Crippen molar-refractivity contribution in [1.82, 2.24) is 10.3 Å². The molecule has 4 heteroatoms. The summed E-state index contributed by atoms with van der Waals surface area (Å²) in [6.07, 6.45) is 8.24. The van der Waals surface area contributed by atoms with Gasteiger partial charge in [0.2, 0.25) is 0 Å². The molecule has 2 atom stereocenters. The third kappa shape index (κ3) is 2.39. The molecule has 1 N–H and O–H groups in total. The Morgan fingerprint density at radius 1 is 1.48 bits per heavy atom. The van der Waals surface area contributed by atoms with Gasteiger partial charge in [0.1, 0.15) is 0 Å². The summed E-state index contributed by atoms with van der Waals surface area (Å²) in [4.78, 5) is 4.61. The molecule has 2 aliphatic rings. The number of nitrogens with one attached hydrogen (secondary N) is 1. The summed E-state index contributed by atoms with van der Waals surface area (Å²) in [6.45, 7) is 0.914. The van der Waals surface area contributed by atoms with Gasteiger partial charge in [-0.05, 0) is 68.1 Å². The van der Waals surface area contributed by atoms with Crippen LogP contribution in [0.5, 0.6) is 0 Å². The summed E-state index contributed by atoms with van der Waals surface area (Å²) >= 11 is 1.78. The second kappa shape index (κ2) is 5.34. The van der Waals surface area contributed by atoms with Crippen LogP contribution in [-0.2, 0) is 4.74 Å². The highest BCUT2D eigenvalue weighted by molar-refractivity contribution is 7.17. The molecule has 2 aromatic rings. The van der Waals surface area contributed by atoms with Crippen LogP contribution in [-0.4, -0.2) is 24.2 Å². The van der Waals surface area contributed by atoms with Crippen LogP contribution in [0.2, 0.25) is 0 Å². The van der Waals surface area contributed by atoms with Crippen LogP contribution in [0.25, 0.3) is 10.2 Å². The van der Waals surface area contributed by atoms with E-state index >= 15 is 0 Å². The van der Waals surface area contributed by atoms with Gasteiger partial charge in [-0.25, -0.2) is 0 Å². The van der Waals surface area contributed by atoms with Crippen molar-refractivity contribution < 1.29 is 4.74 Å². The minimum Gasteiger partial charge on any atom is -0.375 e. The maximum absolute atomic E-state index is 6.08. The molecule has 112 valence electrons. The smallest absolute Gasteiger partial charge is 0.0809 e. The van der Waals surface area contributed by atoms with Crippen molar-refractivity contribution in [3.63, 3.8) is 0 Å². The summed E-state index contributed by atoms with van der Waals surface area (Å²) in [5, 5.41) is 5.66. The molecule has 3 nitrogen and oxygen atoms in total. The van der Waals surface area contributed by atoms with E-state index in [0.717, 1.165) is 18.5 Å². The lowest BCUT2D eigenvalue weighted by atomic mass is 9.70. The maximum atomic E-state index is 6.08. The van der Waals surface area contributed by atoms with Crippen LogP contribution >= 0.6 is 11.3 Å². The molecular formula is C17H22N2OS. The Hall–Kier alpha value is -0.970. The number of thiophene rings is 1. The number of hydrogen-bond donors (Lipinski definition) is 1. The summed E-state index contributed by atoms with van der Waals surface area (Å²) < 4.78 is 7.37. The van der Waals surface area contributed by atoms with Crippen LogP contribution in [0.1, 0.15) is 43.7 Å². The molecule has 2 unspecified atom stereocenters. The average Bonchev–Trinajstić information content (AvgIpc) is 2.94. The summed E-state index contributed by atoms with van der Waals surface area (Å²) in [6, 6.07) is 4.80. The second-order valence-corrected chi connectivity index (χ2v) is 7.42. The lowest BCUT2D eigenvalue weighted by Gasteiger charge is -2.48. The fourth-order valence-corrected chi connectivity index (χ4v) is 4.77. The van der Waals surface area contributed by atoms with Gasteiger partial charge in [-0.15, -0.1) is 11.3 Å². The molecular weight excluding hydrogens is 280 g/mol. The average molecular weight is 302 g/mol. The molecule has 0 amide bonds. The molecule has 3 heterocycles. The molecule has 4 rings (SSSR count). The molecule has 1 saturated heterocycles. The van der Waals surface area contributed by atoms with Gasteiger partial charge in [0.05, 0.1) is 15.8 Å². The number of rotatable bonds is 3. The van der Waals surface area contributed by atoms with Gasteiger partial charge >= 0.3 is 0 Å². The van der Waals surface area contributed by atoms with E-state index in [4.69, 9.17) is 4.74 Å². The van der Waals surface area contributed by atoms with Gasteiger partial charge in [0.15, 0.2) is 0 Å². The van der Waals surface area contributed by atoms with Crippen molar-refractivity contribution in [1.29, 1.82) is 0 Å². The van der Waals surface area contributed by atoms with E-state index < -0.39 is 0 Å². The number of pyridine rings is 1. The van der Waals surface area contributed by atoms with Crippen LogP contribution in [0, 0.1) is 5.92 Å². The summed E-state index contributed by atoms with van der Waals surface area (Å²) in [5.74, 6) is 0.656. The van der Waals surface area contributed by atoms with E-state index in [1.165, 1.54) is 35.9 Å². The Morgan fingerprint density at radius 3 is 3.14 bits per heavy atom. The number of fused-ring (bicyclic) bond motifs is 1.